The molecule has 3 aromatic rings. The molecule has 3 rings (SSSR count). The largest absolute Gasteiger partial charge is 0.423 e. The fraction of sp³-hybridized carbons (Fsp3) is 0.222. The van der Waals surface area contributed by atoms with E-state index < -0.39 is 5.91 Å². The van der Waals surface area contributed by atoms with E-state index in [1.807, 2.05) is 68.4 Å². The highest BCUT2D eigenvalue weighted by Crippen LogP contribution is 2.28. The summed E-state index contributed by atoms with van der Waals surface area (Å²) in [5, 5.41) is 0. The minimum absolute atomic E-state index is 0.00751. The molecule has 0 bridgehead atoms. The highest BCUT2D eigenvalue weighted by molar-refractivity contribution is 7.98. The van der Waals surface area contributed by atoms with Crippen LogP contribution in [-0.4, -0.2) is 17.7 Å². The average Bonchev–Trinajstić information content (AvgIpc) is 2.78. The second kappa shape index (κ2) is 11.5. The summed E-state index contributed by atoms with van der Waals surface area (Å²) < 4.78 is 5.56. The van der Waals surface area contributed by atoms with Crippen LogP contribution in [0.25, 0.3) is 0 Å². The number of carbonyl (C=O) groups is 3. The number of ether oxygens (including phenoxy) is 1. The summed E-state index contributed by atoms with van der Waals surface area (Å²) in [6, 6.07) is 20.6. The lowest BCUT2D eigenvalue weighted by Crippen LogP contribution is -2.12. The lowest BCUT2D eigenvalue weighted by atomic mass is 10.0. The number of thioether (sulfide) groups is 1. The Morgan fingerprint density at radius 1 is 0.848 bits per heavy atom. The molecule has 170 valence electrons. The molecule has 0 fully saturated rings. The normalized spacial score (nSPS) is 10.6. The van der Waals surface area contributed by atoms with Gasteiger partial charge in [0.2, 0.25) is 5.91 Å². The van der Waals surface area contributed by atoms with Crippen LogP contribution in [0.15, 0.2) is 71.6 Å². The van der Waals surface area contributed by atoms with Crippen LogP contribution in [-0.2, 0) is 10.5 Å². The zero-order valence-corrected chi connectivity index (χ0v) is 19.6. The van der Waals surface area contributed by atoms with Gasteiger partial charge in [-0.2, -0.15) is 0 Å². The van der Waals surface area contributed by atoms with Gasteiger partial charge in [-0.15, -0.1) is 11.8 Å². The van der Waals surface area contributed by atoms with Gasteiger partial charge in [-0.05, 0) is 55.2 Å². The maximum atomic E-state index is 12.6. The third-order valence-electron chi connectivity index (χ3n) is 5.23. The zero-order chi connectivity index (χ0) is 23.8. The number of rotatable bonds is 10. The molecule has 0 aliphatic rings. The Bertz CT molecular complexity index is 1130. The molecule has 3 aromatic carbocycles. The first-order chi connectivity index (χ1) is 15.8. The van der Waals surface area contributed by atoms with E-state index in [1.54, 1.807) is 23.9 Å². The molecule has 0 aromatic heterocycles. The maximum Gasteiger partial charge on any atom is 0.344 e. The van der Waals surface area contributed by atoms with Crippen LogP contribution in [0.1, 0.15) is 56.7 Å². The van der Waals surface area contributed by atoms with Crippen LogP contribution in [0, 0.1) is 13.8 Å². The molecular weight excluding hydrogens is 434 g/mol. The average molecular weight is 462 g/mol. The maximum absolute atomic E-state index is 12.6. The number of ketones is 1. The van der Waals surface area contributed by atoms with Crippen LogP contribution < -0.4 is 10.5 Å². The first-order valence-corrected chi connectivity index (χ1v) is 11.7. The first-order valence-electron chi connectivity index (χ1n) is 10.8. The number of benzene rings is 3. The molecule has 0 aliphatic carbocycles. The van der Waals surface area contributed by atoms with Gasteiger partial charge in [-0.25, -0.2) is 4.79 Å². The highest BCUT2D eigenvalue weighted by atomic mass is 32.2. The number of nitrogens with two attached hydrogens (primary N) is 1. The Labute approximate surface area is 198 Å². The van der Waals surface area contributed by atoms with Crippen molar-refractivity contribution >= 4 is 29.4 Å². The van der Waals surface area contributed by atoms with Gasteiger partial charge >= 0.3 is 5.97 Å². The topological polar surface area (TPSA) is 86.5 Å². The van der Waals surface area contributed by atoms with Gasteiger partial charge in [0, 0.05) is 29.1 Å². The molecule has 0 unspecified atom stereocenters. The van der Waals surface area contributed by atoms with Crippen molar-refractivity contribution in [3.05, 3.63) is 94.5 Å². The van der Waals surface area contributed by atoms with Crippen LogP contribution >= 0.6 is 11.8 Å². The third-order valence-corrected chi connectivity index (χ3v) is 6.37. The number of carbonyl (C=O) groups excluding carboxylic acids is 3. The van der Waals surface area contributed by atoms with Crippen molar-refractivity contribution in [1.82, 2.24) is 0 Å². The van der Waals surface area contributed by atoms with Gasteiger partial charge in [-0.1, -0.05) is 48.5 Å². The Morgan fingerprint density at radius 2 is 1.52 bits per heavy atom. The van der Waals surface area contributed by atoms with Crippen molar-refractivity contribution in [2.45, 2.75) is 43.8 Å². The molecule has 0 saturated carbocycles. The number of primary amides is 1. The van der Waals surface area contributed by atoms with Gasteiger partial charge in [0.05, 0.1) is 5.56 Å². The molecule has 0 radical (unpaired) electrons. The molecule has 2 N–H and O–H groups in total. The van der Waals surface area contributed by atoms with Crippen molar-refractivity contribution in [1.29, 1.82) is 0 Å². The Kier molecular flexibility index (Phi) is 8.44. The smallest absolute Gasteiger partial charge is 0.344 e. The van der Waals surface area contributed by atoms with E-state index in [4.69, 9.17) is 10.5 Å². The van der Waals surface area contributed by atoms with Crippen LogP contribution in [0.3, 0.4) is 0 Å². The van der Waals surface area contributed by atoms with Gasteiger partial charge in [0.25, 0.3) is 0 Å². The first kappa shape index (κ1) is 24.3. The second-order valence-electron chi connectivity index (χ2n) is 7.83. The highest BCUT2D eigenvalue weighted by Gasteiger charge is 2.15. The van der Waals surface area contributed by atoms with Crippen molar-refractivity contribution in [2.24, 2.45) is 5.73 Å². The number of hydrogen-bond donors (Lipinski definition) is 1. The minimum Gasteiger partial charge on any atom is -0.423 e. The van der Waals surface area contributed by atoms with Crippen molar-refractivity contribution in [3.63, 3.8) is 0 Å². The third kappa shape index (κ3) is 6.80. The quantitative estimate of drug-likeness (QED) is 0.182. The van der Waals surface area contributed by atoms with Crippen LogP contribution in [0.2, 0.25) is 0 Å². The van der Waals surface area contributed by atoms with Gasteiger partial charge < -0.3 is 10.5 Å². The molecule has 5 nitrogen and oxygen atoms in total. The SMILES string of the molecule is Cc1cccc(C)c1C(=O)Oc1ccc(CSc2ccccc2C(=O)CCCC(N)=O)cc1. The zero-order valence-electron chi connectivity index (χ0n) is 18.8. The lowest BCUT2D eigenvalue weighted by Gasteiger charge is -2.10. The van der Waals surface area contributed by atoms with Gasteiger partial charge in [-0.3, -0.25) is 9.59 Å². The number of Topliss-reactive ketones (excluding diaryl/α,β-unsaturated/α-hetero) is 1. The van der Waals surface area contributed by atoms with E-state index in [0.717, 1.165) is 21.6 Å². The molecular formula is C27H27NO4S. The molecule has 0 aliphatic heterocycles. The summed E-state index contributed by atoms with van der Waals surface area (Å²) >= 11 is 1.57. The van der Waals surface area contributed by atoms with Crippen molar-refractivity contribution < 1.29 is 19.1 Å². The molecule has 0 saturated heterocycles. The van der Waals surface area contributed by atoms with E-state index in [2.05, 4.69) is 0 Å². The molecule has 6 heteroatoms. The fourth-order valence-electron chi connectivity index (χ4n) is 3.49. The second-order valence-corrected chi connectivity index (χ2v) is 8.85. The Hall–Kier alpha value is -3.38. The van der Waals surface area contributed by atoms with Crippen LogP contribution in [0.5, 0.6) is 5.75 Å². The Morgan fingerprint density at radius 3 is 2.18 bits per heavy atom. The predicted molar refractivity (Wildman–Crippen MR) is 131 cm³/mol. The minimum atomic E-state index is -0.395. The van der Waals surface area contributed by atoms with E-state index in [9.17, 15) is 14.4 Å². The van der Waals surface area contributed by atoms with Crippen LogP contribution in [0.4, 0.5) is 0 Å². The molecule has 0 heterocycles. The Balaban J connectivity index is 1.61. The monoisotopic (exact) mass is 461 g/mol. The van der Waals surface area contributed by atoms with Gasteiger partial charge in [0.1, 0.15) is 5.75 Å². The standard InChI is InChI=1S/C27H27NO4S/c1-18-7-5-8-19(2)26(18)27(31)32-21-15-13-20(14-16-21)17-33-24-11-4-3-9-22(24)23(29)10-6-12-25(28)30/h3-5,7-9,11,13-16H,6,10,12,17H2,1-2H3,(H2,28,30). The van der Waals surface area contributed by atoms with E-state index in [0.29, 0.717) is 35.5 Å². The van der Waals surface area contributed by atoms with E-state index >= 15 is 0 Å². The molecule has 0 spiro atoms. The van der Waals surface area contributed by atoms with E-state index in [1.165, 1.54) is 0 Å². The number of hydrogen-bond acceptors (Lipinski definition) is 5. The number of aryl methyl sites for hydroxylation is 2. The van der Waals surface area contributed by atoms with Gasteiger partial charge in [0.15, 0.2) is 5.78 Å². The predicted octanol–water partition coefficient (Wildman–Crippen LogP) is 5.65. The fourth-order valence-corrected chi connectivity index (χ4v) is 4.52. The summed E-state index contributed by atoms with van der Waals surface area (Å²) in [6.45, 7) is 3.79. The summed E-state index contributed by atoms with van der Waals surface area (Å²) in [5.74, 6) is 0.399. The number of esters is 1. The molecule has 0 atom stereocenters. The lowest BCUT2D eigenvalue weighted by molar-refractivity contribution is -0.118. The van der Waals surface area contributed by atoms with Crippen molar-refractivity contribution in [3.8, 4) is 5.75 Å². The summed E-state index contributed by atoms with van der Waals surface area (Å²) in [4.78, 5) is 36.9. The molecule has 33 heavy (non-hydrogen) atoms. The summed E-state index contributed by atoms with van der Waals surface area (Å²) in [6.07, 6.45) is 0.956. The van der Waals surface area contributed by atoms with E-state index in [-0.39, 0.29) is 18.2 Å². The summed E-state index contributed by atoms with van der Waals surface area (Å²) in [7, 11) is 0. The van der Waals surface area contributed by atoms with Crippen molar-refractivity contribution in [2.75, 3.05) is 0 Å². The number of amides is 1. The summed E-state index contributed by atoms with van der Waals surface area (Å²) in [5.41, 5.74) is 9.22. The molecule has 1 amide bonds.